The monoisotopic (exact) mass is 282 g/mol. The Balaban J connectivity index is 2.14. The standard InChI is InChI=1S/C15H22O5/c1-13-4-3-5-14(12-16)15(13)20-11-10-19-9-8-18-7-6-17-2/h3-5,12H,6-11H2,1-2H3. The Morgan fingerprint density at radius 3 is 2.30 bits per heavy atom. The molecule has 0 atom stereocenters. The minimum absolute atomic E-state index is 0.407. The van der Waals surface area contributed by atoms with Gasteiger partial charge in [0.25, 0.3) is 0 Å². The van der Waals surface area contributed by atoms with E-state index in [0.29, 0.717) is 51.0 Å². The Morgan fingerprint density at radius 2 is 1.65 bits per heavy atom. The lowest BCUT2D eigenvalue weighted by Crippen LogP contribution is -2.13. The molecule has 0 bridgehead atoms. The molecule has 0 aliphatic rings. The van der Waals surface area contributed by atoms with Gasteiger partial charge in [-0.3, -0.25) is 4.79 Å². The molecule has 1 aromatic rings. The first-order valence-corrected chi connectivity index (χ1v) is 6.61. The van der Waals surface area contributed by atoms with E-state index in [4.69, 9.17) is 18.9 Å². The maximum absolute atomic E-state index is 10.9. The van der Waals surface area contributed by atoms with Crippen molar-refractivity contribution in [2.75, 3.05) is 46.8 Å². The molecule has 1 rings (SSSR count). The number of methoxy groups -OCH3 is 1. The Hall–Kier alpha value is -1.43. The van der Waals surface area contributed by atoms with E-state index in [1.165, 1.54) is 0 Å². The van der Waals surface area contributed by atoms with E-state index in [9.17, 15) is 4.79 Å². The van der Waals surface area contributed by atoms with Gasteiger partial charge in [0, 0.05) is 7.11 Å². The van der Waals surface area contributed by atoms with Gasteiger partial charge in [0.15, 0.2) is 6.29 Å². The van der Waals surface area contributed by atoms with Gasteiger partial charge in [-0.25, -0.2) is 0 Å². The molecule has 0 aliphatic heterocycles. The van der Waals surface area contributed by atoms with Crippen molar-refractivity contribution in [2.45, 2.75) is 6.92 Å². The number of aryl methyl sites for hydroxylation is 1. The zero-order chi connectivity index (χ0) is 14.6. The highest BCUT2D eigenvalue weighted by Crippen LogP contribution is 2.21. The van der Waals surface area contributed by atoms with Crippen molar-refractivity contribution in [3.8, 4) is 5.75 Å². The Morgan fingerprint density at radius 1 is 1.00 bits per heavy atom. The van der Waals surface area contributed by atoms with Crippen molar-refractivity contribution in [2.24, 2.45) is 0 Å². The summed E-state index contributed by atoms with van der Waals surface area (Å²) in [4.78, 5) is 10.9. The largest absolute Gasteiger partial charge is 0.490 e. The Labute approximate surface area is 119 Å². The fourth-order valence-corrected chi connectivity index (χ4v) is 1.63. The smallest absolute Gasteiger partial charge is 0.153 e. The van der Waals surface area contributed by atoms with Crippen LogP contribution in [0.1, 0.15) is 15.9 Å². The first-order valence-electron chi connectivity index (χ1n) is 6.61. The topological polar surface area (TPSA) is 54.0 Å². The third kappa shape index (κ3) is 6.14. The molecule has 0 aliphatic carbocycles. The summed E-state index contributed by atoms with van der Waals surface area (Å²) in [5.41, 5.74) is 1.50. The molecule has 0 amide bonds. The van der Waals surface area contributed by atoms with E-state index in [1.54, 1.807) is 13.2 Å². The molecule has 0 fully saturated rings. The number of rotatable bonds is 11. The maximum atomic E-state index is 10.9. The van der Waals surface area contributed by atoms with E-state index in [1.807, 2.05) is 19.1 Å². The van der Waals surface area contributed by atoms with Crippen LogP contribution in [0.3, 0.4) is 0 Å². The Kier molecular flexibility index (Phi) is 8.62. The molecule has 0 radical (unpaired) electrons. The molecule has 1 aromatic carbocycles. The number of carbonyl (C=O) groups is 1. The molecular formula is C15H22O5. The van der Waals surface area contributed by atoms with Crippen molar-refractivity contribution in [3.63, 3.8) is 0 Å². The Bertz CT molecular complexity index is 392. The summed E-state index contributed by atoms with van der Waals surface area (Å²) in [5.74, 6) is 0.627. The molecule has 5 nitrogen and oxygen atoms in total. The third-order valence-electron chi connectivity index (χ3n) is 2.65. The van der Waals surface area contributed by atoms with Crippen molar-refractivity contribution >= 4 is 6.29 Å². The number of benzene rings is 1. The van der Waals surface area contributed by atoms with Crippen molar-refractivity contribution in [1.29, 1.82) is 0 Å². The predicted octanol–water partition coefficient (Wildman–Crippen LogP) is 1.87. The van der Waals surface area contributed by atoms with Crippen molar-refractivity contribution < 1.29 is 23.7 Å². The molecule has 0 saturated heterocycles. The lowest BCUT2D eigenvalue weighted by Gasteiger charge is -2.11. The van der Waals surface area contributed by atoms with Crippen LogP contribution in [0.15, 0.2) is 18.2 Å². The van der Waals surface area contributed by atoms with E-state index in [0.717, 1.165) is 11.8 Å². The molecule has 5 heteroatoms. The van der Waals surface area contributed by atoms with E-state index in [2.05, 4.69) is 0 Å². The molecule has 0 heterocycles. The maximum Gasteiger partial charge on any atom is 0.153 e. The number of hydrogen-bond acceptors (Lipinski definition) is 5. The van der Waals surface area contributed by atoms with Crippen LogP contribution in [0.25, 0.3) is 0 Å². The van der Waals surface area contributed by atoms with Crippen molar-refractivity contribution in [1.82, 2.24) is 0 Å². The van der Waals surface area contributed by atoms with Gasteiger partial charge in [-0.1, -0.05) is 12.1 Å². The lowest BCUT2D eigenvalue weighted by atomic mass is 10.1. The molecule has 0 spiro atoms. The van der Waals surface area contributed by atoms with Gasteiger partial charge < -0.3 is 18.9 Å². The fraction of sp³-hybridized carbons (Fsp3) is 0.533. The second-order valence-electron chi connectivity index (χ2n) is 4.18. The first-order chi connectivity index (χ1) is 9.79. The number of carbonyl (C=O) groups excluding carboxylic acids is 1. The summed E-state index contributed by atoms with van der Waals surface area (Å²) in [7, 11) is 1.64. The highest BCUT2D eigenvalue weighted by Gasteiger charge is 2.05. The van der Waals surface area contributed by atoms with Crippen LogP contribution < -0.4 is 4.74 Å². The predicted molar refractivity (Wildman–Crippen MR) is 75.6 cm³/mol. The van der Waals surface area contributed by atoms with Gasteiger partial charge in [-0.15, -0.1) is 0 Å². The quantitative estimate of drug-likeness (QED) is 0.458. The summed E-state index contributed by atoms with van der Waals surface area (Å²) >= 11 is 0. The number of hydrogen-bond donors (Lipinski definition) is 0. The van der Waals surface area contributed by atoms with Gasteiger partial charge in [-0.05, 0) is 18.6 Å². The number of ether oxygens (including phenoxy) is 4. The lowest BCUT2D eigenvalue weighted by molar-refractivity contribution is 0.0179. The van der Waals surface area contributed by atoms with Crippen LogP contribution in [-0.2, 0) is 14.2 Å². The second kappa shape index (κ2) is 10.4. The third-order valence-corrected chi connectivity index (χ3v) is 2.65. The summed E-state index contributed by atoms with van der Waals surface area (Å²) in [6.45, 7) is 4.98. The molecular weight excluding hydrogens is 260 g/mol. The van der Waals surface area contributed by atoms with Gasteiger partial charge in [0.05, 0.1) is 38.6 Å². The summed E-state index contributed by atoms with van der Waals surface area (Å²) in [6, 6.07) is 5.48. The molecule has 20 heavy (non-hydrogen) atoms. The minimum atomic E-state index is 0.407. The summed E-state index contributed by atoms with van der Waals surface area (Å²) < 4.78 is 21.1. The van der Waals surface area contributed by atoms with E-state index < -0.39 is 0 Å². The number of aldehydes is 1. The van der Waals surface area contributed by atoms with Gasteiger partial charge in [0.1, 0.15) is 12.4 Å². The summed E-state index contributed by atoms with van der Waals surface area (Å²) in [6.07, 6.45) is 0.798. The van der Waals surface area contributed by atoms with Gasteiger partial charge in [-0.2, -0.15) is 0 Å². The highest BCUT2D eigenvalue weighted by atomic mass is 16.6. The zero-order valence-electron chi connectivity index (χ0n) is 12.1. The zero-order valence-corrected chi connectivity index (χ0v) is 12.1. The second-order valence-corrected chi connectivity index (χ2v) is 4.18. The average molecular weight is 282 g/mol. The minimum Gasteiger partial charge on any atom is -0.490 e. The SMILES string of the molecule is COCCOCCOCCOc1c(C)cccc1C=O. The average Bonchev–Trinajstić information content (AvgIpc) is 2.46. The van der Waals surface area contributed by atoms with Crippen LogP contribution in [0.2, 0.25) is 0 Å². The van der Waals surface area contributed by atoms with Crippen LogP contribution >= 0.6 is 0 Å². The van der Waals surface area contributed by atoms with Crippen LogP contribution in [0.4, 0.5) is 0 Å². The van der Waals surface area contributed by atoms with Crippen LogP contribution in [0, 0.1) is 6.92 Å². The van der Waals surface area contributed by atoms with Gasteiger partial charge >= 0.3 is 0 Å². The van der Waals surface area contributed by atoms with Crippen molar-refractivity contribution in [3.05, 3.63) is 29.3 Å². The molecule has 0 aromatic heterocycles. The van der Waals surface area contributed by atoms with E-state index in [-0.39, 0.29) is 0 Å². The molecule has 0 N–H and O–H groups in total. The van der Waals surface area contributed by atoms with Crippen LogP contribution in [-0.4, -0.2) is 53.0 Å². The molecule has 0 saturated carbocycles. The fourth-order valence-electron chi connectivity index (χ4n) is 1.63. The van der Waals surface area contributed by atoms with Crippen LogP contribution in [0.5, 0.6) is 5.75 Å². The number of para-hydroxylation sites is 1. The molecule has 0 unspecified atom stereocenters. The van der Waals surface area contributed by atoms with Gasteiger partial charge in [0.2, 0.25) is 0 Å². The normalized spacial score (nSPS) is 10.5. The molecule has 112 valence electrons. The summed E-state index contributed by atoms with van der Waals surface area (Å²) in [5, 5.41) is 0. The highest BCUT2D eigenvalue weighted by molar-refractivity contribution is 5.80. The van der Waals surface area contributed by atoms with E-state index >= 15 is 0 Å². The first kappa shape index (κ1) is 16.6.